The van der Waals surface area contributed by atoms with E-state index in [9.17, 15) is 64.9 Å². The van der Waals surface area contributed by atoms with Gasteiger partial charge in [-0.25, -0.2) is 0 Å². The van der Waals surface area contributed by atoms with Crippen molar-refractivity contribution in [2.75, 3.05) is 0 Å². The van der Waals surface area contributed by atoms with Crippen molar-refractivity contribution >= 4 is 103 Å². The van der Waals surface area contributed by atoms with Crippen LogP contribution in [0.4, 0.5) is 22.7 Å². The first kappa shape index (κ1) is 35.5. The molecule has 46 heavy (non-hydrogen) atoms. The molecule has 0 saturated carbocycles. The topological polar surface area (TPSA) is 314 Å². The van der Waals surface area contributed by atoms with Crippen LogP contribution in [0.2, 0.25) is 10.0 Å². The molecular weight excluding hydrogens is 741 g/mol. The van der Waals surface area contributed by atoms with Crippen LogP contribution in [0.15, 0.2) is 78.8 Å². The van der Waals surface area contributed by atoms with Crippen molar-refractivity contribution in [3.63, 3.8) is 0 Å². The maximum atomic E-state index is 12.7. The minimum Gasteiger partial charge on any atom is -0.507 e. The predicted octanol–water partition coefficient (Wildman–Crippen LogP) is 4.49. The predicted molar refractivity (Wildman–Crippen MR) is 162 cm³/mol. The number of aromatic hydroxyl groups is 2. The second-order valence-corrected chi connectivity index (χ2v) is 15.7. The summed E-state index contributed by atoms with van der Waals surface area (Å²) in [7, 11) is -21.0. The standard InChI is InChI=1S/C22H16Cl2N4O14P2S2/c23-9-1-3-13(16(5-9)43(31,32)33)25-27-19-12-7-11(45(37,38)39)8-15(29)18(12)21(30)20(22(19)46(40,41)42)28-26-14-4-2-10(24)6-17(14)44(34,35)36/h1-8,29-30H,(H2,31,32,33)(H2,34,35,36)(H,37,38,39)(H,40,41,42). The Hall–Kier alpha value is -3.36. The number of hydrogen-bond acceptors (Lipinski definition) is 12. The summed E-state index contributed by atoms with van der Waals surface area (Å²) in [6, 6.07) is 6.68. The number of azo groups is 2. The zero-order valence-electron chi connectivity index (χ0n) is 21.9. The van der Waals surface area contributed by atoms with E-state index in [1.807, 2.05) is 0 Å². The monoisotopic (exact) mass is 756 g/mol. The third kappa shape index (κ3) is 7.44. The maximum absolute atomic E-state index is 12.7. The zero-order chi connectivity index (χ0) is 34.6. The normalized spacial score (nSPS) is 13.3. The summed E-state index contributed by atoms with van der Waals surface area (Å²) in [6.07, 6.45) is 0. The molecule has 8 N–H and O–H groups in total. The average molecular weight is 757 g/mol. The van der Waals surface area contributed by atoms with Gasteiger partial charge in [-0.3, -0.25) is 18.2 Å². The van der Waals surface area contributed by atoms with Gasteiger partial charge in [0.1, 0.15) is 22.8 Å². The van der Waals surface area contributed by atoms with Crippen LogP contribution in [-0.2, 0) is 29.4 Å². The molecule has 4 rings (SSSR count). The first-order chi connectivity index (χ1) is 21.0. The van der Waals surface area contributed by atoms with E-state index in [-0.39, 0.29) is 10.0 Å². The molecule has 4 aromatic carbocycles. The van der Waals surface area contributed by atoms with Crippen molar-refractivity contribution in [1.82, 2.24) is 0 Å². The molecule has 0 fully saturated rings. The van der Waals surface area contributed by atoms with Crippen LogP contribution in [0, 0.1) is 0 Å². The van der Waals surface area contributed by atoms with E-state index in [4.69, 9.17) is 23.2 Å². The molecule has 0 saturated heterocycles. The summed E-state index contributed by atoms with van der Waals surface area (Å²) in [5, 5.41) is 32.4. The van der Waals surface area contributed by atoms with Crippen LogP contribution in [-0.4, -0.2) is 55.7 Å². The fraction of sp³-hybridized carbons (Fsp3) is 0. The van der Waals surface area contributed by atoms with E-state index in [0.29, 0.717) is 12.1 Å². The Morgan fingerprint density at radius 1 is 0.630 bits per heavy atom. The molecule has 0 aliphatic carbocycles. The summed E-state index contributed by atoms with van der Waals surface area (Å²) >= 11 is 11.6. The zero-order valence-corrected chi connectivity index (χ0v) is 26.8. The fourth-order valence-electron chi connectivity index (χ4n) is 3.92. The SMILES string of the molecule is O=P(O)(O)c1cc(Cl)ccc1N=Nc1c(S(=O)(=O)O)c(N=Nc2ccc(Cl)cc2P(=O)(O)O)c2cc(S(=O)(=O)O)cc(O)c2c1O. The summed E-state index contributed by atoms with van der Waals surface area (Å²) in [5.41, 5.74) is -3.59. The van der Waals surface area contributed by atoms with Crippen molar-refractivity contribution < 1.29 is 64.9 Å². The summed E-state index contributed by atoms with van der Waals surface area (Å²) in [5.74, 6) is -2.44. The van der Waals surface area contributed by atoms with E-state index in [1.54, 1.807) is 0 Å². The summed E-state index contributed by atoms with van der Waals surface area (Å²) in [6.45, 7) is 0. The number of rotatable bonds is 8. The molecule has 0 spiro atoms. The second-order valence-electron chi connectivity index (χ2n) is 8.94. The van der Waals surface area contributed by atoms with Gasteiger partial charge in [0, 0.05) is 21.5 Å². The number of phenolic OH excluding ortho intramolecular Hbond substituents is 2. The van der Waals surface area contributed by atoms with Crippen LogP contribution in [0.25, 0.3) is 10.8 Å². The summed E-state index contributed by atoms with van der Waals surface area (Å²) in [4.78, 5) is 36.3. The lowest BCUT2D eigenvalue weighted by atomic mass is 10.1. The van der Waals surface area contributed by atoms with Gasteiger partial charge in [-0.1, -0.05) is 23.2 Å². The number of benzene rings is 4. The third-order valence-corrected chi connectivity index (χ3v) is 9.99. The molecule has 244 valence electrons. The molecule has 0 aliphatic rings. The molecule has 0 radical (unpaired) electrons. The smallest absolute Gasteiger partial charge is 0.358 e. The van der Waals surface area contributed by atoms with Gasteiger partial charge in [0.2, 0.25) is 0 Å². The number of hydrogen-bond donors (Lipinski definition) is 8. The highest BCUT2D eigenvalue weighted by molar-refractivity contribution is 7.86. The van der Waals surface area contributed by atoms with Gasteiger partial charge < -0.3 is 29.8 Å². The molecule has 0 unspecified atom stereocenters. The van der Waals surface area contributed by atoms with Crippen LogP contribution >= 0.6 is 38.4 Å². The van der Waals surface area contributed by atoms with E-state index >= 15 is 0 Å². The largest absolute Gasteiger partial charge is 0.507 e. The van der Waals surface area contributed by atoms with E-state index in [1.165, 1.54) is 0 Å². The van der Waals surface area contributed by atoms with Gasteiger partial charge in [-0.05, 0) is 42.5 Å². The first-order valence-corrected chi connectivity index (χ1v) is 18.4. The van der Waals surface area contributed by atoms with Gasteiger partial charge in [-0.15, -0.1) is 20.5 Å². The van der Waals surface area contributed by atoms with Gasteiger partial charge >= 0.3 is 15.2 Å². The number of phenols is 2. The van der Waals surface area contributed by atoms with Crippen molar-refractivity contribution in [1.29, 1.82) is 0 Å². The van der Waals surface area contributed by atoms with Gasteiger partial charge in [-0.2, -0.15) is 16.8 Å². The Morgan fingerprint density at radius 2 is 1.09 bits per heavy atom. The van der Waals surface area contributed by atoms with Crippen molar-refractivity contribution in [2.24, 2.45) is 20.5 Å². The Bertz CT molecular complexity index is 2330. The molecule has 18 nitrogen and oxygen atoms in total. The highest BCUT2D eigenvalue weighted by Crippen LogP contribution is 2.52. The molecule has 0 bridgehead atoms. The Kier molecular flexibility index (Phi) is 9.52. The molecule has 0 aliphatic heterocycles. The molecule has 0 heterocycles. The third-order valence-electron chi connectivity index (χ3n) is 5.81. The van der Waals surface area contributed by atoms with Crippen molar-refractivity contribution in [3.8, 4) is 11.5 Å². The van der Waals surface area contributed by atoms with E-state index < -0.39 is 101 Å². The highest BCUT2D eigenvalue weighted by Gasteiger charge is 2.32. The summed E-state index contributed by atoms with van der Waals surface area (Å²) < 4.78 is 93.1. The highest BCUT2D eigenvalue weighted by atomic mass is 35.5. The second kappa shape index (κ2) is 12.3. The fourth-order valence-corrected chi connectivity index (χ4v) is 7.17. The number of nitrogens with zero attached hydrogens (tertiary/aromatic N) is 4. The van der Waals surface area contributed by atoms with Crippen LogP contribution < -0.4 is 10.6 Å². The van der Waals surface area contributed by atoms with Gasteiger partial charge in [0.15, 0.2) is 16.3 Å². The molecular formula is C22H16Cl2N4O14P2S2. The lowest BCUT2D eigenvalue weighted by Crippen LogP contribution is -2.05. The average Bonchev–Trinajstić information content (AvgIpc) is 2.90. The minimum absolute atomic E-state index is 0.149. The molecule has 0 amide bonds. The molecule has 0 aromatic heterocycles. The minimum atomic E-state index is -5.65. The van der Waals surface area contributed by atoms with Crippen molar-refractivity contribution in [2.45, 2.75) is 9.79 Å². The lowest BCUT2D eigenvalue weighted by molar-refractivity contribution is 0.385. The van der Waals surface area contributed by atoms with E-state index in [2.05, 4.69) is 20.5 Å². The Balaban J connectivity index is 2.19. The molecule has 4 aromatic rings. The Morgan fingerprint density at radius 3 is 1.50 bits per heavy atom. The van der Waals surface area contributed by atoms with Crippen LogP contribution in [0.3, 0.4) is 0 Å². The Labute approximate surface area is 267 Å². The van der Waals surface area contributed by atoms with Crippen LogP contribution in [0.5, 0.6) is 11.5 Å². The maximum Gasteiger partial charge on any atom is 0.358 e. The molecule has 24 heteroatoms. The van der Waals surface area contributed by atoms with Gasteiger partial charge in [0.25, 0.3) is 20.2 Å². The number of fused-ring (bicyclic) bond motifs is 1. The quantitative estimate of drug-likeness (QED) is 0.0698. The van der Waals surface area contributed by atoms with E-state index in [0.717, 1.165) is 36.4 Å². The molecule has 0 atom stereocenters. The first-order valence-electron chi connectivity index (χ1n) is 11.6. The number of halogens is 2. The lowest BCUT2D eigenvalue weighted by Gasteiger charge is -2.14. The van der Waals surface area contributed by atoms with Crippen molar-refractivity contribution in [3.05, 3.63) is 58.6 Å². The van der Waals surface area contributed by atoms with Crippen LogP contribution in [0.1, 0.15) is 0 Å². The van der Waals surface area contributed by atoms with Gasteiger partial charge in [0.05, 0.1) is 20.9 Å².